The first-order valence-corrected chi connectivity index (χ1v) is 7.52. The Hall–Kier alpha value is -1.38. The minimum atomic E-state index is 0.946. The molecule has 1 aromatic rings. The van der Waals surface area contributed by atoms with E-state index < -0.39 is 0 Å². The number of methoxy groups -OCH3 is 1. The van der Waals surface area contributed by atoms with Gasteiger partial charge in [0.2, 0.25) is 0 Å². The van der Waals surface area contributed by atoms with Crippen LogP contribution in [0.1, 0.15) is 39.0 Å². The van der Waals surface area contributed by atoms with Gasteiger partial charge in [0, 0.05) is 25.7 Å². The average molecular weight is 262 g/mol. The lowest BCUT2D eigenvalue weighted by Crippen LogP contribution is -2.30. The molecule has 0 unspecified atom stereocenters. The molecular weight excluding hydrogens is 236 g/mol. The standard InChI is InChI=1S/C16H26N2O/c1-3-4-10-17-15-9-8-14(19-2)13-16(15)18-11-6-5-7-12-18/h8-9,13,17H,3-7,10-12H2,1-2H3. The van der Waals surface area contributed by atoms with E-state index >= 15 is 0 Å². The molecule has 1 saturated heterocycles. The van der Waals surface area contributed by atoms with Crippen LogP contribution in [0.15, 0.2) is 18.2 Å². The van der Waals surface area contributed by atoms with Crippen molar-refractivity contribution < 1.29 is 4.74 Å². The second-order valence-corrected chi connectivity index (χ2v) is 5.21. The summed E-state index contributed by atoms with van der Waals surface area (Å²) in [4.78, 5) is 2.49. The predicted octanol–water partition coefficient (Wildman–Crippen LogP) is 3.90. The molecule has 3 heteroatoms. The molecule has 1 fully saturated rings. The molecular formula is C16H26N2O. The second kappa shape index (κ2) is 7.27. The summed E-state index contributed by atoms with van der Waals surface area (Å²) in [7, 11) is 1.74. The molecule has 0 bridgehead atoms. The molecule has 1 aliphatic rings. The zero-order valence-electron chi connectivity index (χ0n) is 12.2. The molecule has 106 valence electrons. The molecule has 0 aliphatic carbocycles. The van der Waals surface area contributed by atoms with Gasteiger partial charge in [-0.15, -0.1) is 0 Å². The number of nitrogens with zero attached hydrogens (tertiary/aromatic N) is 1. The Balaban J connectivity index is 2.15. The summed E-state index contributed by atoms with van der Waals surface area (Å²) in [6.45, 7) is 5.59. The van der Waals surface area contributed by atoms with Gasteiger partial charge in [-0.3, -0.25) is 0 Å². The lowest BCUT2D eigenvalue weighted by atomic mass is 10.1. The normalized spacial score (nSPS) is 15.4. The molecule has 0 aromatic heterocycles. The predicted molar refractivity (Wildman–Crippen MR) is 82.5 cm³/mol. The van der Waals surface area contributed by atoms with Gasteiger partial charge in [-0.2, -0.15) is 0 Å². The van der Waals surface area contributed by atoms with Crippen LogP contribution in [-0.4, -0.2) is 26.7 Å². The summed E-state index contributed by atoms with van der Waals surface area (Å²) in [6, 6.07) is 6.36. The third kappa shape index (κ3) is 3.79. The zero-order valence-corrected chi connectivity index (χ0v) is 12.2. The molecule has 0 spiro atoms. The van der Waals surface area contributed by atoms with Crippen LogP contribution in [0.25, 0.3) is 0 Å². The first kappa shape index (κ1) is 14.0. The summed E-state index contributed by atoms with van der Waals surface area (Å²) in [5.74, 6) is 0.946. The molecule has 0 radical (unpaired) electrons. The first-order chi connectivity index (χ1) is 9.35. The largest absolute Gasteiger partial charge is 0.497 e. The quantitative estimate of drug-likeness (QED) is 0.787. The summed E-state index contributed by atoms with van der Waals surface area (Å²) in [5.41, 5.74) is 2.55. The van der Waals surface area contributed by atoms with Crippen LogP contribution in [0, 0.1) is 0 Å². The fourth-order valence-electron chi connectivity index (χ4n) is 2.58. The average Bonchev–Trinajstić information content (AvgIpc) is 2.48. The molecule has 0 atom stereocenters. The number of hydrogen-bond donors (Lipinski definition) is 1. The third-order valence-corrected chi connectivity index (χ3v) is 3.75. The highest BCUT2D eigenvalue weighted by atomic mass is 16.5. The van der Waals surface area contributed by atoms with Gasteiger partial charge >= 0.3 is 0 Å². The summed E-state index contributed by atoms with van der Waals surface area (Å²) < 4.78 is 5.37. The van der Waals surface area contributed by atoms with Gasteiger partial charge in [-0.05, 0) is 37.8 Å². The van der Waals surface area contributed by atoms with Gasteiger partial charge in [0.15, 0.2) is 0 Å². The van der Waals surface area contributed by atoms with Crippen molar-refractivity contribution in [3.05, 3.63) is 18.2 Å². The van der Waals surface area contributed by atoms with Gasteiger partial charge < -0.3 is 15.0 Å². The minimum absolute atomic E-state index is 0.946. The Kier molecular flexibility index (Phi) is 5.37. The van der Waals surface area contributed by atoms with E-state index in [0.29, 0.717) is 0 Å². The van der Waals surface area contributed by atoms with Crippen molar-refractivity contribution in [2.45, 2.75) is 39.0 Å². The number of benzene rings is 1. The van der Waals surface area contributed by atoms with E-state index in [4.69, 9.17) is 4.74 Å². The highest BCUT2D eigenvalue weighted by Gasteiger charge is 2.15. The van der Waals surface area contributed by atoms with Crippen LogP contribution in [-0.2, 0) is 0 Å². The van der Waals surface area contributed by atoms with Crippen molar-refractivity contribution in [2.24, 2.45) is 0 Å². The van der Waals surface area contributed by atoms with Gasteiger partial charge in [0.25, 0.3) is 0 Å². The minimum Gasteiger partial charge on any atom is -0.497 e. The van der Waals surface area contributed by atoms with Crippen LogP contribution >= 0.6 is 0 Å². The smallest absolute Gasteiger partial charge is 0.121 e. The molecule has 1 heterocycles. The summed E-state index contributed by atoms with van der Waals surface area (Å²) in [5, 5.41) is 3.57. The van der Waals surface area contributed by atoms with E-state index in [0.717, 1.165) is 25.4 Å². The number of anilines is 2. The van der Waals surface area contributed by atoms with Crippen molar-refractivity contribution in [1.82, 2.24) is 0 Å². The summed E-state index contributed by atoms with van der Waals surface area (Å²) in [6.07, 6.45) is 6.39. The van der Waals surface area contributed by atoms with E-state index in [-0.39, 0.29) is 0 Å². The first-order valence-electron chi connectivity index (χ1n) is 7.52. The monoisotopic (exact) mass is 262 g/mol. The van der Waals surface area contributed by atoms with Crippen molar-refractivity contribution in [1.29, 1.82) is 0 Å². The Morgan fingerprint density at radius 3 is 2.68 bits per heavy atom. The SMILES string of the molecule is CCCCNc1ccc(OC)cc1N1CCCCC1. The highest BCUT2D eigenvalue weighted by Crippen LogP contribution is 2.32. The number of piperidine rings is 1. The molecule has 0 saturated carbocycles. The lowest BCUT2D eigenvalue weighted by Gasteiger charge is -2.31. The van der Waals surface area contributed by atoms with Crippen LogP contribution in [0.3, 0.4) is 0 Å². The van der Waals surface area contributed by atoms with Crippen LogP contribution in [0.2, 0.25) is 0 Å². The van der Waals surface area contributed by atoms with E-state index in [9.17, 15) is 0 Å². The van der Waals surface area contributed by atoms with Crippen molar-refractivity contribution in [3.8, 4) is 5.75 Å². The van der Waals surface area contributed by atoms with Crippen LogP contribution in [0.5, 0.6) is 5.75 Å². The maximum atomic E-state index is 5.37. The van der Waals surface area contributed by atoms with E-state index in [1.165, 1.54) is 43.5 Å². The Labute approximate surface area is 116 Å². The van der Waals surface area contributed by atoms with Crippen molar-refractivity contribution in [2.75, 3.05) is 37.0 Å². The number of hydrogen-bond acceptors (Lipinski definition) is 3. The molecule has 1 N–H and O–H groups in total. The number of unbranched alkanes of at least 4 members (excludes halogenated alkanes) is 1. The number of ether oxygens (including phenoxy) is 1. The fraction of sp³-hybridized carbons (Fsp3) is 0.625. The molecule has 3 nitrogen and oxygen atoms in total. The maximum Gasteiger partial charge on any atom is 0.121 e. The van der Waals surface area contributed by atoms with Crippen molar-refractivity contribution in [3.63, 3.8) is 0 Å². The Bertz CT molecular complexity index is 386. The van der Waals surface area contributed by atoms with E-state index in [1.807, 2.05) is 6.07 Å². The topological polar surface area (TPSA) is 24.5 Å². The zero-order chi connectivity index (χ0) is 13.5. The summed E-state index contributed by atoms with van der Waals surface area (Å²) >= 11 is 0. The fourth-order valence-corrected chi connectivity index (χ4v) is 2.58. The lowest BCUT2D eigenvalue weighted by molar-refractivity contribution is 0.414. The van der Waals surface area contributed by atoms with Gasteiger partial charge in [-0.25, -0.2) is 0 Å². The highest BCUT2D eigenvalue weighted by molar-refractivity contribution is 5.72. The third-order valence-electron chi connectivity index (χ3n) is 3.75. The van der Waals surface area contributed by atoms with Crippen LogP contribution in [0.4, 0.5) is 11.4 Å². The van der Waals surface area contributed by atoms with Crippen LogP contribution < -0.4 is 15.0 Å². The molecule has 2 rings (SSSR count). The molecule has 0 amide bonds. The van der Waals surface area contributed by atoms with Gasteiger partial charge in [-0.1, -0.05) is 13.3 Å². The van der Waals surface area contributed by atoms with E-state index in [1.54, 1.807) is 7.11 Å². The molecule has 19 heavy (non-hydrogen) atoms. The van der Waals surface area contributed by atoms with Crippen molar-refractivity contribution >= 4 is 11.4 Å². The van der Waals surface area contributed by atoms with Gasteiger partial charge in [0.1, 0.15) is 5.75 Å². The Morgan fingerprint density at radius 1 is 1.21 bits per heavy atom. The maximum absolute atomic E-state index is 5.37. The molecule has 1 aliphatic heterocycles. The van der Waals surface area contributed by atoms with E-state index in [2.05, 4.69) is 29.3 Å². The number of nitrogens with one attached hydrogen (secondary N) is 1. The molecule has 1 aromatic carbocycles. The number of rotatable bonds is 6. The van der Waals surface area contributed by atoms with Gasteiger partial charge in [0.05, 0.1) is 18.5 Å². The Morgan fingerprint density at radius 2 is 2.00 bits per heavy atom. The second-order valence-electron chi connectivity index (χ2n) is 5.21.